The highest BCUT2D eigenvalue weighted by Crippen LogP contribution is 2.20. The molecule has 0 amide bonds. The SMILES string of the molecule is [3H]c1ccc(OCc2c(C#C)cnnc2-n2nnn(C)c2=O)c(C)c1. The van der Waals surface area contributed by atoms with Gasteiger partial charge in [-0.25, -0.2) is 4.79 Å². The number of hydrogen-bond acceptors (Lipinski definition) is 6. The molecule has 1 aromatic carbocycles. The fourth-order valence-electron chi connectivity index (χ4n) is 2.09. The first-order valence-electron chi connectivity index (χ1n) is 7.52. The van der Waals surface area contributed by atoms with Crippen LogP contribution in [0.15, 0.2) is 35.2 Å². The minimum atomic E-state index is -0.473. The van der Waals surface area contributed by atoms with E-state index >= 15 is 0 Å². The van der Waals surface area contributed by atoms with E-state index in [0.717, 1.165) is 14.9 Å². The van der Waals surface area contributed by atoms with Crippen molar-refractivity contribution in [3.63, 3.8) is 0 Å². The number of aryl methyl sites for hydroxylation is 2. The van der Waals surface area contributed by atoms with E-state index in [0.29, 0.717) is 22.9 Å². The zero-order chi connectivity index (χ0) is 18.0. The van der Waals surface area contributed by atoms with E-state index in [-0.39, 0.29) is 12.4 Å². The van der Waals surface area contributed by atoms with Gasteiger partial charge in [-0.05, 0) is 29.0 Å². The van der Waals surface area contributed by atoms with Gasteiger partial charge in [0.05, 0.1) is 18.7 Å². The van der Waals surface area contributed by atoms with Crippen molar-refractivity contribution < 1.29 is 6.11 Å². The zero-order valence-corrected chi connectivity index (χ0v) is 13.1. The number of benzene rings is 1. The highest BCUT2D eigenvalue weighted by atomic mass is 16.5. The van der Waals surface area contributed by atoms with Gasteiger partial charge in [-0.1, -0.05) is 24.1 Å². The Kier molecular flexibility index (Phi) is 3.73. The first-order valence-corrected chi connectivity index (χ1v) is 7.02. The molecule has 0 bridgehead atoms. The molecule has 8 heteroatoms. The molecule has 3 rings (SSSR count). The third-order valence-electron chi connectivity index (χ3n) is 3.40. The fraction of sp³-hybridized carbons (Fsp3) is 0.188. The number of ether oxygens (including phenoxy) is 1. The molecule has 2 heterocycles. The summed E-state index contributed by atoms with van der Waals surface area (Å²) >= 11 is 0. The summed E-state index contributed by atoms with van der Waals surface area (Å²) in [4.78, 5) is 12.1. The molecule has 3 aromatic rings. The Labute approximate surface area is 139 Å². The van der Waals surface area contributed by atoms with Gasteiger partial charge in [0.25, 0.3) is 0 Å². The number of aromatic nitrogens is 6. The predicted molar refractivity (Wildman–Crippen MR) is 85.6 cm³/mol. The highest BCUT2D eigenvalue weighted by molar-refractivity contribution is 5.45. The lowest BCUT2D eigenvalue weighted by molar-refractivity contribution is 0.302. The van der Waals surface area contributed by atoms with Crippen molar-refractivity contribution in [2.24, 2.45) is 7.05 Å². The monoisotopic (exact) mass is 324 g/mol. The number of para-hydroxylation sites is 1. The fourth-order valence-corrected chi connectivity index (χ4v) is 2.09. The minimum Gasteiger partial charge on any atom is -0.488 e. The molecular weight excluding hydrogens is 308 g/mol. The predicted octanol–water partition coefficient (Wildman–Crippen LogP) is 0.625. The van der Waals surface area contributed by atoms with E-state index in [9.17, 15) is 4.79 Å². The molecule has 0 N–H and O–H groups in total. The van der Waals surface area contributed by atoms with E-state index < -0.39 is 5.69 Å². The van der Waals surface area contributed by atoms with Crippen LogP contribution in [0.25, 0.3) is 5.82 Å². The van der Waals surface area contributed by atoms with Gasteiger partial charge >= 0.3 is 5.69 Å². The number of tetrazole rings is 1. The maximum absolute atomic E-state index is 12.1. The molecule has 0 saturated heterocycles. The molecule has 0 aliphatic carbocycles. The molecule has 0 spiro atoms. The maximum Gasteiger partial charge on any atom is 0.369 e. The van der Waals surface area contributed by atoms with Crippen molar-refractivity contribution in [2.45, 2.75) is 13.5 Å². The topological polar surface area (TPSA) is 87.7 Å². The average molecular weight is 324 g/mol. The summed E-state index contributed by atoms with van der Waals surface area (Å²) in [6, 6.07) is 5.42. The van der Waals surface area contributed by atoms with Gasteiger partial charge in [-0.2, -0.15) is 9.78 Å². The number of nitrogens with zero attached hydrogens (tertiary/aromatic N) is 6. The van der Waals surface area contributed by atoms with Gasteiger partial charge in [0.1, 0.15) is 12.4 Å². The van der Waals surface area contributed by atoms with Gasteiger partial charge in [0.2, 0.25) is 0 Å². The molecular formula is C16H14N6O2. The molecule has 0 unspecified atom stereocenters. The van der Waals surface area contributed by atoms with E-state index in [4.69, 9.17) is 12.5 Å². The summed E-state index contributed by atoms with van der Waals surface area (Å²) in [5.41, 5.74) is 1.28. The van der Waals surface area contributed by atoms with Crippen LogP contribution in [0.4, 0.5) is 0 Å². The van der Waals surface area contributed by atoms with E-state index in [1.54, 1.807) is 18.2 Å². The molecule has 2 aromatic heterocycles. The van der Waals surface area contributed by atoms with Crippen LogP contribution in [0.2, 0.25) is 0 Å². The molecule has 120 valence electrons. The van der Waals surface area contributed by atoms with Crippen LogP contribution in [0.1, 0.15) is 18.1 Å². The molecule has 0 fully saturated rings. The molecule has 24 heavy (non-hydrogen) atoms. The lowest BCUT2D eigenvalue weighted by atomic mass is 10.1. The largest absolute Gasteiger partial charge is 0.488 e. The summed E-state index contributed by atoms with van der Waals surface area (Å²) in [6.45, 7) is 1.90. The van der Waals surface area contributed by atoms with Crippen LogP contribution in [-0.2, 0) is 13.7 Å². The van der Waals surface area contributed by atoms with Crippen molar-refractivity contribution in [2.75, 3.05) is 0 Å². The standard InChI is InChI=1S/C16H14N6O2/c1-4-12-9-17-18-15(22-16(23)21(3)19-20-22)13(12)10-24-14-8-6-5-7-11(14)2/h1,5-9H,10H2,2-3H3/i5T. The van der Waals surface area contributed by atoms with Gasteiger partial charge in [0, 0.05) is 7.05 Å². The Morgan fingerprint density at radius 1 is 1.42 bits per heavy atom. The number of terminal acetylenes is 1. The maximum atomic E-state index is 12.1. The Morgan fingerprint density at radius 3 is 2.92 bits per heavy atom. The Balaban J connectivity index is 2.01. The molecule has 0 aliphatic heterocycles. The van der Waals surface area contributed by atoms with Crippen LogP contribution in [-0.4, -0.2) is 30.0 Å². The molecule has 0 saturated carbocycles. The number of rotatable bonds is 4. The first kappa shape index (κ1) is 14.1. The van der Waals surface area contributed by atoms with Gasteiger partial charge < -0.3 is 4.74 Å². The Hall–Kier alpha value is -3.47. The van der Waals surface area contributed by atoms with Crippen LogP contribution in [0, 0.1) is 19.3 Å². The molecule has 0 radical (unpaired) electrons. The minimum absolute atomic E-state index is 0.0611. The van der Waals surface area contributed by atoms with Gasteiger partial charge in [-0.3, -0.25) is 0 Å². The summed E-state index contributed by atoms with van der Waals surface area (Å²) < 4.78 is 15.5. The van der Waals surface area contributed by atoms with Crippen molar-refractivity contribution in [1.29, 1.82) is 0 Å². The van der Waals surface area contributed by atoms with E-state index in [2.05, 4.69) is 26.5 Å². The lowest BCUT2D eigenvalue weighted by Crippen LogP contribution is -2.24. The average Bonchev–Trinajstić information content (AvgIpc) is 2.93. The van der Waals surface area contributed by atoms with Crippen molar-refractivity contribution in [3.05, 3.63) is 57.6 Å². The summed E-state index contributed by atoms with van der Waals surface area (Å²) in [5, 5.41) is 15.2. The van der Waals surface area contributed by atoms with Gasteiger partial charge in [-0.15, -0.1) is 16.2 Å². The van der Waals surface area contributed by atoms with Crippen molar-refractivity contribution in [3.8, 4) is 23.9 Å². The van der Waals surface area contributed by atoms with Crippen LogP contribution < -0.4 is 10.4 Å². The lowest BCUT2D eigenvalue weighted by Gasteiger charge is -2.12. The quantitative estimate of drug-likeness (QED) is 0.654. The van der Waals surface area contributed by atoms with Crippen molar-refractivity contribution in [1.82, 2.24) is 30.0 Å². The summed E-state index contributed by atoms with van der Waals surface area (Å²) in [6.07, 6.45) is 6.95. The smallest absolute Gasteiger partial charge is 0.369 e. The third-order valence-corrected chi connectivity index (χ3v) is 3.40. The van der Waals surface area contributed by atoms with Gasteiger partial charge in [0.15, 0.2) is 5.82 Å². The third kappa shape index (κ3) is 2.75. The normalized spacial score (nSPS) is 11.0. The second kappa shape index (κ2) is 6.34. The van der Waals surface area contributed by atoms with Crippen LogP contribution >= 0.6 is 0 Å². The molecule has 8 nitrogen and oxygen atoms in total. The summed E-state index contributed by atoms with van der Waals surface area (Å²) in [5.74, 6) is 3.28. The van der Waals surface area contributed by atoms with Crippen LogP contribution in [0.3, 0.4) is 0 Å². The van der Waals surface area contributed by atoms with E-state index in [1.165, 1.54) is 13.2 Å². The van der Waals surface area contributed by atoms with E-state index in [1.807, 2.05) is 6.92 Å². The Bertz CT molecular complexity index is 1030. The van der Waals surface area contributed by atoms with Crippen molar-refractivity contribution >= 4 is 0 Å². The summed E-state index contributed by atoms with van der Waals surface area (Å²) in [7, 11) is 1.48. The highest BCUT2D eigenvalue weighted by Gasteiger charge is 2.17. The first-order chi connectivity index (χ1) is 12.0. The molecule has 0 atom stereocenters. The zero-order valence-electron chi connectivity index (χ0n) is 14.1. The molecule has 0 aliphatic rings. The second-order valence-electron chi connectivity index (χ2n) is 4.98. The Morgan fingerprint density at radius 2 is 2.25 bits per heavy atom. The number of hydrogen-bond donors (Lipinski definition) is 0. The second-order valence-corrected chi connectivity index (χ2v) is 4.98. The van der Waals surface area contributed by atoms with Crippen LogP contribution in [0.5, 0.6) is 5.75 Å².